The zero-order valence-electron chi connectivity index (χ0n) is 29.3. The minimum atomic E-state index is 0.784. The number of hydrogen-bond acceptors (Lipinski definition) is 6. The van der Waals surface area contributed by atoms with Gasteiger partial charge in [0, 0.05) is 81.2 Å². The first-order chi connectivity index (χ1) is 26.8. The van der Waals surface area contributed by atoms with Crippen LogP contribution in [0.5, 0.6) is 0 Å². The Bertz CT molecular complexity index is 2310. The van der Waals surface area contributed by atoms with Crippen LogP contribution < -0.4 is 9.80 Å². The molecule has 0 unspecified atom stereocenters. The highest BCUT2D eigenvalue weighted by Crippen LogP contribution is 2.38. The van der Waals surface area contributed by atoms with Crippen LogP contribution >= 0.6 is 0 Å². The molecule has 0 atom stereocenters. The zero-order chi connectivity index (χ0) is 36.1. The van der Waals surface area contributed by atoms with E-state index in [0.717, 1.165) is 79.2 Å². The molecule has 0 fully saturated rings. The lowest BCUT2D eigenvalue weighted by atomic mass is 9.97. The predicted octanol–water partition coefficient (Wildman–Crippen LogP) is 12.1. The number of hydrogen-bond donors (Lipinski definition) is 0. The fourth-order valence-electron chi connectivity index (χ4n) is 6.88. The van der Waals surface area contributed by atoms with Gasteiger partial charge in [0.15, 0.2) is 0 Å². The highest BCUT2D eigenvalue weighted by Gasteiger charge is 2.22. The van der Waals surface area contributed by atoms with E-state index in [1.54, 1.807) is 12.4 Å². The first kappa shape index (κ1) is 32.5. The van der Waals surface area contributed by atoms with Crippen LogP contribution in [0.15, 0.2) is 217 Å². The lowest BCUT2D eigenvalue weighted by Crippen LogP contribution is -2.13. The van der Waals surface area contributed by atoms with Gasteiger partial charge >= 0.3 is 0 Å². The fourth-order valence-corrected chi connectivity index (χ4v) is 6.88. The first-order valence-electron chi connectivity index (χ1n) is 17.9. The van der Waals surface area contributed by atoms with Crippen molar-refractivity contribution in [3.63, 3.8) is 0 Å². The third kappa shape index (κ3) is 6.44. The summed E-state index contributed by atoms with van der Waals surface area (Å²) in [5.74, 6) is 0. The predicted molar refractivity (Wildman–Crippen MR) is 221 cm³/mol. The van der Waals surface area contributed by atoms with Crippen molar-refractivity contribution in [3.8, 4) is 0 Å². The Labute approximate surface area is 314 Å². The maximum Gasteiger partial charge on any atom is 0.0819 e. The Hall–Kier alpha value is -7.44. The lowest BCUT2D eigenvalue weighted by molar-refractivity contribution is 1.26. The standard InChI is InChI=1S/C48H34N6/c1-5-13-37(14-6-1)53(38-15-7-2-8-16-38)41-25-21-35(22-26-41)47-43-33-49-31-29-45(43)52-48(44-34-50-32-30-46(44)51-47)36-23-27-42(28-24-36)54(39-17-9-3-10-18-39)40-19-11-4-12-20-40/h1-34H/b47-43?,48-44?,51-46?,51-47-,52-45?,52-48-. The van der Waals surface area contributed by atoms with E-state index in [9.17, 15) is 0 Å². The summed E-state index contributed by atoms with van der Waals surface area (Å²) in [7, 11) is 0. The van der Waals surface area contributed by atoms with E-state index in [1.807, 2.05) is 48.8 Å². The molecule has 3 heterocycles. The second-order valence-electron chi connectivity index (χ2n) is 12.8. The fraction of sp³-hybridized carbons (Fsp3) is 0. The summed E-state index contributed by atoms with van der Waals surface area (Å²) >= 11 is 0. The maximum absolute atomic E-state index is 5.34. The molecule has 0 spiro atoms. The van der Waals surface area contributed by atoms with Crippen molar-refractivity contribution in [1.82, 2.24) is 9.97 Å². The molecule has 0 amide bonds. The number of aliphatic imine (C=N–C) groups is 2. The van der Waals surface area contributed by atoms with Crippen molar-refractivity contribution in [2.45, 2.75) is 0 Å². The monoisotopic (exact) mass is 694 g/mol. The highest BCUT2D eigenvalue weighted by molar-refractivity contribution is 6.22. The number of para-hydroxylation sites is 4. The van der Waals surface area contributed by atoms with Crippen molar-refractivity contribution < 1.29 is 0 Å². The maximum atomic E-state index is 5.34. The Morgan fingerprint density at radius 2 is 0.593 bits per heavy atom. The summed E-state index contributed by atoms with van der Waals surface area (Å²) < 4.78 is 0. The molecule has 0 saturated carbocycles. The molecular weight excluding hydrogens is 661 g/mol. The van der Waals surface area contributed by atoms with E-state index in [0.29, 0.717) is 0 Å². The molecule has 9 rings (SSSR count). The second kappa shape index (κ2) is 14.7. The zero-order valence-corrected chi connectivity index (χ0v) is 29.3. The molecule has 6 aromatic carbocycles. The summed E-state index contributed by atoms with van der Waals surface area (Å²) in [5.41, 5.74) is 13.2. The summed E-state index contributed by atoms with van der Waals surface area (Å²) in [6.07, 6.45) is 7.28. The molecule has 54 heavy (non-hydrogen) atoms. The van der Waals surface area contributed by atoms with Crippen LogP contribution in [0.1, 0.15) is 22.3 Å². The van der Waals surface area contributed by atoms with E-state index in [4.69, 9.17) is 9.98 Å². The number of fused-ring (bicyclic) bond motifs is 2. The van der Waals surface area contributed by atoms with Gasteiger partial charge < -0.3 is 9.80 Å². The summed E-state index contributed by atoms with van der Waals surface area (Å²) in [4.78, 5) is 24.2. The average Bonchev–Trinajstić information content (AvgIpc) is 3.24. The first-order valence-corrected chi connectivity index (χ1v) is 17.9. The van der Waals surface area contributed by atoms with E-state index < -0.39 is 0 Å². The van der Waals surface area contributed by atoms with Gasteiger partial charge in [-0.15, -0.1) is 0 Å². The molecule has 0 aliphatic carbocycles. The van der Waals surface area contributed by atoms with Gasteiger partial charge in [-0.2, -0.15) is 0 Å². The number of rotatable bonds is 8. The van der Waals surface area contributed by atoms with Crippen LogP contribution in [-0.4, -0.2) is 21.4 Å². The SMILES string of the molecule is c1ccc(N(c2ccccc2)c2ccc(/C3=N/c4ccncc4/C(c4ccc(N(c5ccccc5)c5ccccc5)cc4)=N\c4ccncc43)cc2)cc1. The third-order valence-corrected chi connectivity index (χ3v) is 9.43. The van der Waals surface area contributed by atoms with Crippen LogP contribution in [0.3, 0.4) is 0 Å². The molecule has 0 saturated heterocycles. The minimum absolute atomic E-state index is 0.784. The van der Waals surface area contributed by atoms with E-state index in [2.05, 4.69) is 165 Å². The molecule has 1 aliphatic rings. The van der Waals surface area contributed by atoms with Gasteiger partial charge in [-0.05, 0) is 84.9 Å². The Balaban J connectivity index is 1.11. The van der Waals surface area contributed by atoms with Crippen LogP contribution in [-0.2, 0) is 0 Å². The minimum Gasteiger partial charge on any atom is -0.311 e. The summed E-state index contributed by atoms with van der Waals surface area (Å²) in [5, 5.41) is 0. The van der Waals surface area contributed by atoms with Crippen LogP contribution in [0.4, 0.5) is 45.5 Å². The Kier molecular flexibility index (Phi) is 8.81. The van der Waals surface area contributed by atoms with Crippen LogP contribution in [0.25, 0.3) is 0 Å². The van der Waals surface area contributed by atoms with Gasteiger partial charge in [-0.3, -0.25) is 9.97 Å². The van der Waals surface area contributed by atoms with Gasteiger partial charge in [0.05, 0.1) is 22.8 Å². The molecule has 0 bridgehead atoms. The smallest absolute Gasteiger partial charge is 0.0819 e. The summed E-state index contributed by atoms with van der Waals surface area (Å²) in [6.45, 7) is 0. The number of aromatic nitrogens is 2. The largest absolute Gasteiger partial charge is 0.311 e. The number of nitrogens with zero attached hydrogens (tertiary/aromatic N) is 6. The van der Waals surface area contributed by atoms with E-state index >= 15 is 0 Å². The van der Waals surface area contributed by atoms with Gasteiger partial charge in [-0.25, -0.2) is 9.98 Å². The van der Waals surface area contributed by atoms with E-state index in [-0.39, 0.29) is 0 Å². The number of pyridine rings is 2. The van der Waals surface area contributed by atoms with Gasteiger partial charge in [0.25, 0.3) is 0 Å². The average molecular weight is 695 g/mol. The van der Waals surface area contributed by atoms with Crippen molar-refractivity contribution in [2.75, 3.05) is 9.80 Å². The molecule has 1 aliphatic heterocycles. The lowest BCUT2D eigenvalue weighted by Gasteiger charge is -2.26. The van der Waals surface area contributed by atoms with E-state index in [1.165, 1.54) is 0 Å². The molecule has 6 nitrogen and oxygen atoms in total. The Morgan fingerprint density at radius 1 is 0.296 bits per heavy atom. The third-order valence-electron chi connectivity index (χ3n) is 9.43. The molecule has 6 heteroatoms. The Morgan fingerprint density at radius 3 is 0.907 bits per heavy atom. The van der Waals surface area contributed by atoms with Gasteiger partial charge in [-0.1, -0.05) is 97.1 Å². The molecule has 2 aromatic heterocycles. The second-order valence-corrected chi connectivity index (χ2v) is 12.8. The van der Waals surface area contributed by atoms with Gasteiger partial charge in [0.1, 0.15) is 0 Å². The molecule has 0 radical (unpaired) electrons. The van der Waals surface area contributed by atoms with Crippen molar-refractivity contribution in [2.24, 2.45) is 9.98 Å². The summed E-state index contributed by atoms with van der Waals surface area (Å²) in [6, 6.07) is 62.6. The number of benzene rings is 6. The number of anilines is 6. The molecular formula is C48H34N6. The topological polar surface area (TPSA) is 57.0 Å². The van der Waals surface area contributed by atoms with Crippen LogP contribution in [0, 0.1) is 0 Å². The van der Waals surface area contributed by atoms with Crippen molar-refractivity contribution in [1.29, 1.82) is 0 Å². The molecule has 8 aromatic rings. The quantitative estimate of drug-likeness (QED) is 0.159. The van der Waals surface area contributed by atoms with Gasteiger partial charge in [0.2, 0.25) is 0 Å². The van der Waals surface area contributed by atoms with Crippen molar-refractivity contribution in [3.05, 3.63) is 229 Å². The molecule has 256 valence electrons. The normalized spacial score (nSPS) is 13.9. The highest BCUT2D eigenvalue weighted by atomic mass is 15.1. The van der Waals surface area contributed by atoms with Crippen LogP contribution in [0.2, 0.25) is 0 Å². The molecule has 0 N–H and O–H groups in total. The van der Waals surface area contributed by atoms with Crippen molar-refractivity contribution >= 4 is 56.9 Å².